The number of hydrogen-bond donors (Lipinski definition) is 0. The van der Waals surface area contributed by atoms with Crippen molar-refractivity contribution < 1.29 is 17.2 Å². The summed E-state index contributed by atoms with van der Waals surface area (Å²) in [4.78, 5) is 0.792. The van der Waals surface area contributed by atoms with Crippen molar-refractivity contribution in [1.82, 2.24) is 0 Å². The zero-order chi connectivity index (χ0) is 12.3. The molecular weight excluding hydrogens is 240 g/mol. The second kappa shape index (κ2) is 4.46. The van der Waals surface area contributed by atoms with Gasteiger partial charge in [0.2, 0.25) is 0 Å². The number of rotatable bonds is 3. The molecule has 1 aromatic carbocycles. The van der Waals surface area contributed by atoms with Gasteiger partial charge < -0.3 is 0 Å². The summed E-state index contributed by atoms with van der Waals surface area (Å²) in [6.45, 7) is 1.66. The Balaban J connectivity index is 3.53. The van der Waals surface area contributed by atoms with E-state index in [9.17, 15) is 17.2 Å². The van der Waals surface area contributed by atoms with E-state index in [0.29, 0.717) is 12.0 Å². The highest BCUT2D eigenvalue weighted by atomic mass is 32.2. The van der Waals surface area contributed by atoms with Crippen LogP contribution in [0.5, 0.6) is 0 Å². The minimum atomic E-state index is -4.64. The van der Waals surface area contributed by atoms with Gasteiger partial charge in [-0.1, -0.05) is 6.92 Å². The Labute approximate surface area is 90.4 Å². The van der Waals surface area contributed by atoms with Crippen molar-refractivity contribution in [3.63, 3.8) is 0 Å². The topological polar surface area (TPSA) is 82.9 Å². The van der Waals surface area contributed by atoms with E-state index in [1.165, 1.54) is 0 Å². The largest absolute Gasteiger partial charge is 0.270 e. The summed E-state index contributed by atoms with van der Waals surface area (Å²) < 4.78 is 51.4. The van der Waals surface area contributed by atoms with Crippen LogP contribution in [0.3, 0.4) is 0 Å². The van der Waals surface area contributed by atoms with Crippen molar-refractivity contribution in [2.75, 3.05) is 0 Å². The molecule has 5 nitrogen and oxygen atoms in total. The van der Waals surface area contributed by atoms with E-state index in [4.69, 9.17) is 5.53 Å². The average Bonchev–Trinajstić information content (AvgIpc) is 2.15. The Morgan fingerprint density at radius 1 is 1.38 bits per heavy atom. The summed E-state index contributed by atoms with van der Waals surface area (Å²) in [5.41, 5.74) is 8.29. The van der Waals surface area contributed by atoms with Gasteiger partial charge in [-0.3, -0.25) is 0 Å². The predicted molar refractivity (Wildman–Crippen MR) is 52.1 cm³/mol. The van der Waals surface area contributed by atoms with Crippen molar-refractivity contribution >= 4 is 10.0 Å². The van der Waals surface area contributed by atoms with Gasteiger partial charge in [0.1, 0.15) is 16.5 Å². The van der Waals surface area contributed by atoms with Crippen LogP contribution >= 0.6 is 0 Å². The molecule has 86 valence electrons. The fourth-order valence-corrected chi connectivity index (χ4v) is 1.94. The van der Waals surface area contributed by atoms with Gasteiger partial charge in [-0.15, -0.1) is 0 Å². The van der Waals surface area contributed by atoms with Crippen molar-refractivity contribution in [2.24, 2.45) is 4.52 Å². The molecule has 0 aromatic heterocycles. The third-order valence-corrected chi connectivity index (χ3v) is 3.06. The lowest BCUT2D eigenvalue weighted by Crippen LogP contribution is -2.04. The lowest BCUT2D eigenvalue weighted by molar-refractivity contribution is 0.517. The third kappa shape index (κ3) is 2.29. The zero-order valence-corrected chi connectivity index (χ0v) is 9.00. The van der Waals surface area contributed by atoms with Crippen LogP contribution in [0, 0.1) is 11.6 Å². The second-order valence-electron chi connectivity index (χ2n) is 2.89. The molecule has 0 spiro atoms. The molecule has 1 rings (SSSR count). The van der Waals surface area contributed by atoms with Crippen LogP contribution in [0.25, 0.3) is 10.4 Å². The van der Waals surface area contributed by atoms with Gasteiger partial charge in [-0.2, -0.15) is 0 Å². The first kappa shape index (κ1) is 12.4. The van der Waals surface area contributed by atoms with Crippen molar-refractivity contribution in [3.05, 3.63) is 39.8 Å². The van der Waals surface area contributed by atoms with Crippen molar-refractivity contribution in [3.8, 4) is 0 Å². The van der Waals surface area contributed by atoms with Crippen LogP contribution in [-0.2, 0) is 16.4 Å². The summed E-state index contributed by atoms with van der Waals surface area (Å²) in [7, 11) is -4.64. The summed E-state index contributed by atoms with van der Waals surface area (Å²) in [6.07, 6.45) is 0.357. The first-order valence-corrected chi connectivity index (χ1v) is 5.65. The molecular formula is C8H7F2N3O2S. The van der Waals surface area contributed by atoms with Gasteiger partial charge in [0.15, 0.2) is 0 Å². The Bertz CT molecular complexity index is 542. The number of benzene rings is 1. The van der Waals surface area contributed by atoms with E-state index in [2.05, 4.69) is 4.52 Å². The fourth-order valence-electron chi connectivity index (χ4n) is 1.15. The van der Waals surface area contributed by atoms with Gasteiger partial charge in [-0.05, 0) is 29.6 Å². The number of nitrogens with zero attached hydrogens (tertiary/aromatic N) is 3. The number of halogens is 2. The third-order valence-electron chi connectivity index (χ3n) is 1.87. The first-order chi connectivity index (χ1) is 7.42. The summed E-state index contributed by atoms with van der Waals surface area (Å²) >= 11 is 0. The molecule has 0 unspecified atom stereocenters. The summed E-state index contributed by atoms with van der Waals surface area (Å²) in [6, 6.07) is 1.78. The van der Waals surface area contributed by atoms with Crippen LogP contribution in [-0.4, -0.2) is 8.42 Å². The standard InChI is InChI=1S/C8H7F2N3O2S/c1-2-5-3-6(9)8(7(10)4-5)16(14,15)13-12-11/h3-4H,2H2,1H3. The second-order valence-corrected chi connectivity index (χ2v) is 4.41. The van der Waals surface area contributed by atoms with Crippen LogP contribution in [0.15, 0.2) is 21.5 Å². The Morgan fingerprint density at radius 3 is 2.25 bits per heavy atom. The van der Waals surface area contributed by atoms with Gasteiger partial charge >= 0.3 is 0 Å². The molecule has 0 aliphatic heterocycles. The molecule has 0 atom stereocenters. The van der Waals surface area contributed by atoms with E-state index in [1.54, 1.807) is 6.92 Å². The van der Waals surface area contributed by atoms with Crippen LogP contribution in [0.4, 0.5) is 8.78 Å². The van der Waals surface area contributed by atoms with Crippen molar-refractivity contribution in [1.29, 1.82) is 0 Å². The maximum Gasteiger partial charge on any atom is 0.270 e. The highest BCUT2D eigenvalue weighted by Gasteiger charge is 2.23. The molecule has 0 saturated heterocycles. The molecule has 16 heavy (non-hydrogen) atoms. The fraction of sp³-hybridized carbons (Fsp3) is 0.250. The minimum Gasteiger partial charge on any atom is -0.216 e. The van der Waals surface area contributed by atoms with Crippen LogP contribution in [0.2, 0.25) is 0 Å². The molecule has 0 aliphatic rings. The van der Waals surface area contributed by atoms with E-state index in [1.807, 2.05) is 4.91 Å². The lowest BCUT2D eigenvalue weighted by atomic mass is 10.2. The maximum absolute atomic E-state index is 13.3. The number of hydrogen-bond acceptors (Lipinski definition) is 2. The summed E-state index contributed by atoms with van der Waals surface area (Å²) in [5.74, 6) is -2.52. The molecule has 0 heterocycles. The SMILES string of the molecule is CCc1cc(F)c(S(=O)(=O)N=[N+]=[N-])c(F)c1. The Morgan fingerprint density at radius 2 is 1.88 bits per heavy atom. The average molecular weight is 247 g/mol. The summed E-state index contributed by atoms with van der Waals surface area (Å²) in [5, 5.41) is 0. The maximum atomic E-state index is 13.3. The smallest absolute Gasteiger partial charge is 0.216 e. The molecule has 1 aromatic rings. The zero-order valence-electron chi connectivity index (χ0n) is 8.18. The van der Waals surface area contributed by atoms with Crippen LogP contribution < -0.4 is 0 Å². The van der Waals surface area contributed by atoms with Gasteiger partial charge in [0, 0.05) is 9.43 Å². The van der Waals surface area contributed by atoms with Crippen LogP contribution in [0.1, 0.15) is 12.5 Å². The van der Waals surface area contributed by atoms with Gasteiger partial charge in [0.05, 0.1) is 0 Å². The molecule has 0 amide bonds. The first-order valence-electron chi connectivity index (χ1n) is 4.21. The quantitative estimate of drug-likeness (QED) is 0.467. The Hall–Kier alpha value is -1.66. The van der Waals surface area contributed by atoms with Crippen molar-refractivity contribution in [2.45, 2.75) is 18.2 Å². The number of sulfonamides is 1. The molecule has 0 fully saturated rings. The van der Waals surface area contributed by atoms with E-state index in [0.717, 1.165) is 12.1 Å². The normalized spacial score (nSPS) is 10.9. The number of azide groups is 1. The van der Waals surface area contributed by atoms with E-state index < -0.39 is 26.6 Å². The molecule has 0 bridgehead atoms. The van der Waals surface area contributed by atoms with Gasteiger partial charge in [-0.25, -0.2) is 17.2 Å². The molecule has 8 heteroatoms. The highest BCUT2D eigenvalue weighted by molar-refractivity contribution is 7.90. The molecule has 0 saturated carbocycles. The van der Waals surface area contributed by atoms with Gasteiger partial charge in [0.25, 0.3) is 10.0 Å². The number of aryl methyl sites for hydroxylation is 1. The highest BCUT2D eigenvalue weighted by Crippen LogP contribution is 2.22. The van der Waals surface area contributed by atoms with E-state index in [-0.39, 0.29) is 0 Å². The molecule has 0 N–H and O–H groups in total. The molecule has 0 radical (unpaired) electrons. The monoisotopic (exact) mass is 247 g/mol. The lowest BCUT2D eigenvalue weighted by Gasteiger charge is -2.04. The molecule has 0 aliphatic carbocycles. The predicted octanol–water partition coefficient (Wildman–Crippen LogP) is 2.53. The van der Waals surface area contributed by atoms with E-state index >= 15 is 0 Å². The minimum absolute atomic E-state index is 0.315. The Kier molecular flexibility index (Phi) is 3.46.